The molecule has 1 aromatic carbocycles. The van der Waals surface area contributed by atoms with Crippen LogP contribution in [0.4, 0.5) is 0 Å². The zero-order chi connectivity index (χ0) is 16.5. The Bertz CT molecular complexity index is 456. The van der Waals surface area contributed by atoms with E-state index in [4.69, 9.17) is 0 Å². The van der Waals surface area contributed by atoms with E-state index in [1.807, 2.05) is 6.07 Å². The van der Waals surface area contributed by atoms with Gasteiger partial charge in [-0.2, -0.15) is 0 Å². The van der Waals surface area contributed by atoms with Crippen molar-refractivity contribution in [2.24, 2.45) is 0 Å². The van der Waals surface area contributed by atoms with Crippen molar-refractivity contribution in [2.75, 3.05) is 7.05 Å². The third-order valence-corrected chi connectivity index (χ3v) is 5.29. The van der Waals surface area contributed by atoms with Gasteiger partial charge in [0, 0.05) is 12.5 Å². The highest BCUT2D eigenvalue weighted by molar-refractivity contribution is 5.87. The number of hydrogen-bond acceptors (Lipinski definition) is 2. The van der Waals surface area contributed by atoms with Crippen LogP contribution in [0.1, 0.15) is 70.3 Å². The van der Waals surface area contributed by atoms with Gasteiger partial charge in [-0.3, -0.25) is 9.69 Å². The molecule has 0 bridgehead atoms. The summed E-state index contributed by atoms with van der Waals surface area (Å²) in [6, 6.07) is 11.0. The minimum absolute atomic E-state index is 0.0898. The van der Waals surface area contributed by atoms with Gasteiger partial charge in [0.1, 0.15) is 0 Å². The maximum Gasteiger partial charge on any atom is 0.151 e. The van der Waals surface area contributed by atoms with Crippen molar-refractivity contribution < 1.29 is 4.79 Å². The van der Waals surface area contributed by atoms with Crippen molar-refractivity contribution in [1.82, 2.24) is 4.90 Å². The number of nitrogens with zero attached hydrogens (tertiary/aromatic N) is 1. The Morgan fingerprint density at radius 3 is 2.35 bits per heavy atom. The van der Waals surface area contributed by atoms with Gasteiger partial charge in [-0.1, -0.05) is 82.2 Å². The molecule has 2 nitrogen and oxygen atoms in total. The molecule has 0 radical (unpaired) electrons. The molecule has 2 atom stereocenters. The molecule has 0 amide bonds. The van der Waals surface area contributed by atoms with Crippen LogP contribution >= 0.6 is 0 Å². The molecule has 2 rings (SSSR count). The van der Waals surface area contributed by atoms with Gasteiger partial charge in [0.15, 0.2) is 5.78 Å². The van der Waals surface area contributed by atoms with Crippen LogP contribution in [0.25, 0.3) is 0 Å². The fourth-order valence-electron chi connectivity index (χ4n) is 3.73. The lowest BCUT2D eigenvalue weighted by atomic mass is 10.0. The van der Waals surface area contributed by atoms with Crippen molar-refractivity contribution >= 4 is 5.78 Å². The summed E-state index contributed by atoms with van der Waals surface area (Å²) in [7, 11) is 2.14. The summed E-state index contributed by atoms with van der Waals surface area (Å²) in [6.45, 7) is 2.26. The molecule has 0 spiro atoms. The highest BCUT2D eigenvalue weighted by Gasteiger charge is 2.36. The Balaban J connectivity index is 1.70. The molecule has 1 aromatic rings. The number of unbranched alkanes of at least 4 members (excludes halogenated alkanes) is 6. The van der Waals surface area contributed by atoms with Gasteiger partial charge in [-0.25, -0.2) is 0 Å². The second kappa shape index (κ2) is 9.87. The van der Waals surface area contributed by atoms with Crippen LogP contribution in [0.5, 0.6) is 0 Å². The summed E-state index contributed by atoms with van der Waals surface area (Å²) in [4.78, 5) is 14.7. The number of benzene rings is 1. The van der Waals surface area contributed by atoms with Crippen LogP contribution in [-0.4, -0.2) is 29.8 Å². The van der Waals surface area contributed by atoms with Crippen molar-refractivity contribution in [2.45, 2.75) is 83.2 Å². The number of carbonyl (C=O) groups is 1. The first-order chi connectivity index (χ1) is 11.2. The van der Waals surface area contributed by atoms with E-state index in [0.717, 1.165) is 12.8 Å². The molecule has 0 aliphatic carbocycles. The fraction of sp³-hybridized carbons (Fsp3) is 0.667. The summed E-state index contributed by atoms with van der Waals surface area (Å²) in [6.07, 6.45) is 12.2. The molecule has 0 N–H and O–H groups in total. The van der Waals surface area contributed by atoms with Gasteiger partial charge in [0.25, 0.3) is 0 Å². The molecule has 1 fully saturated rings. The van der Waals surface area contributed by atoms with E-state index in [1.54, 1.807) is 0 Å². The Morgan fingerprint density at radius 2 is 1.65 bits per heavy atom. The number of hydrogen-bond donors (Lipinski definition) is 0. The molecule has 0 saturated carbocycles. The van der Waals surface area contributed by atoms with E-state index in [2.05, 4.69) is 43.1 Å². The van der Waals surface area contributed by atoms with Crippen molar-refractivity contribution in [3.05, 3.63) is 35.9 Å². The molecule has 0 unspecified atom stereocenters. The van der Waals surface area contributed by atoms with Crippen molar-refractivity contribution in [3.63, 3.8) is 0 Å². The smallest absolute Gasteiger partial charge is 0.151 e. The van der Waals surface area contributed by atoms with Crippen molar-refractivity contribution in [3.8, 4) is 0 Å². The van der Waals surface area contributed by atoms with Gasteiger partial charge in [-0.05, 0) is 25.5 Å². The number of carbonyl (C=O) groups excluding carboxylic acids is 1. The Morgan fingerprint density at radius 1 is 1.00 bits per heavy atom. The van der Waals surface area contributed by atoms with Gasteiger partial charge >= 0.3 is 0 Å². The number of likely N-dealkylation sites (N-methyl/N-ethyl adjacent to an activating group) is 1. The molecule has 0 aromatic heterocycles. The quantitative estimate of drug-likeness (QED) is 0.566. The monoisotopic (exact) mass is 315 g/mol. The first kappa shape index (κ1) is 18.2. The summed E-state index contributed by atoms with van der Waals surface area (Å²) in [5, 5.41) is 0. The lowest BCUT2D eigenvalue weighted by molar-refractivity contribution is -0.119. The first-order valence-electron chi connectivity index (χ1n) is 9.51. The fourth-order valence-corrected chi connectivity index (χ4v) is 3.73. The Labute approximate surface area is 142 Å². The average Bonchev–Trinajstić information content (AvgIpc) is 2.83. The molecule has 1 heterocycles. The third kappa shape index (κ3) is 5.76. The zero-order valence-electron chi connectivity index (χ0n) is 15.0. The minimum atomic E-state index is 0.0898. The lowest BCUT2D eigenvalue weighted by Gasteiger charge is -2.24. The third-order valence-electron chi connectivity index (χ3n) is 5.29. The molecule has 1 saturated heterocycles. The van der Waals surface area contributed by atoms with E-state index < -0.39 is 0 Å². The SMILES string of the molecule is CCCCCCCCC[C@@H]1CC(=O)[C@H](Cc2ccccc2)N1C. The molecular weight excluding hydrogens is 282 g/mol. The van der Waals surface area contributed by atoms with E-state index in [1.165, 1.54) is 56.9 Å². The Kier molecular flexibility index (Phi) is 7.81. The summed E-state index contributed by atoms with van der Waals surface area (Å²) in [5.74, 6) is 0.435. The van der Waals surface area contributed by atoms with Gasteiger partial charge < -0.3 is 0 Å². The molecule has 1 aliphatic heterocycles. The maximum absolute atomic E-state index is 12.4. The predicted molar refractivity (Wildman–Crippen MR) is 97.7 cm³/mol. The standard InChI is InChI=1S/C21H33NO/c1-3-4-5-6-7-8-12-15-19-17-21(23)20(22(19)2)16-18-13-10-9-11-14-18/h9-11,13-14,19-20H,3-8,12,15-17H2,1-2H3/t19-,20+/m1/s1. The number of likely N-dealkylation sites (tertiary alicyclic amines) is 1. The second-order valence-corrected chi connectivity index (χ2v) is 7.11. The van der Waals surface area contributed by atoms with Crippen LogP contribution in [-0.2, 0) is 11.2 Å². The van der Waals surface area contributed by atoms with Crippen LogP contribution in [0.15, 0.2) is 30.3 Å². The predicted octanol–water partition coefficient (Wildman–Crippen LogP) is 5.01. The number of ketones is 1. The van der Waals surface area contributed by atoms with Crippen molar-refractivity contribution in [1.29, 1.82) is 0 Å². The van der Waals surface area contributed by atoms with Crippen LogP contribution in [0.2, 0.25) is 0 Å². The topological polar surface area (TPSA) is 20.3 Å². The van der Waals surface area contributed by atoms with E-state index in [-0.39, 0.29) is 6.04 Å². The van der Waals surface area contributed by atoms with Crippen LogP contribution in [0.3, 0.4) is 0 Å². The normalized spacial score (nSPS) is 21.9. The first-order valence-corrected chi connectivity index (χ1v) is 9.51. The number of rotatable bonds is 10. The molecule has 128 valence electrons. The molecule has 1 aliphatic rings. The van der Waals surface area contributed by atoms with E-state index in [0.29, 0.717) is 11.8 Å². The van der Waals surface area contributed by atoms with Crippen LogP contribution in [0, 0.1) is 0 Å². The summed E-state index contributed by atoms with van der Waals surface area (Å²) in [5.41, 5.74) is 1.27. The summed E-state index contributed by atoms with van der Waals surface area (Å²) < 4.78 is 0. The van der Waals surface area contributed by atoms with E-state index >= 15 is 0 Å². The zero-order valence-corrected chi connectivity index (χ0v) is 15.0. The van der Waals surface area contributed by atoms with Gasteiger partial charge in [0.05, 0.1) is 6.04 Å². The number of Topliss-reactive ketones (excluding diaryl/α,β-unsaturated/α-hetero) is 1. The lowest BCUT2D eigenvalue weighted by Crippen LogP contribution is -2.35. The molecular formula is C21H33NO. The maximum atomic E-state index is 12.4. The average molecular weight is 316 g/mol. The van der Waals surface area contributed by atoms with Gasteiger partial charge in [0.2, 0.25) is 0 Å². The van der Waals surface area contributed by atoms with E-state index in [9.17, 15) is 4.79 Å². The Hall–Kier alpha value is -1.15. The van der Waals surface area contributed by atoms with Crippen LogP contribution < -0.4 is 0 Å². The molecule has 2 heteroatoms. The highest BCUT2D eigenvalue weighted by atomic mass is 16.1. The summed E-state index contributed by atoms with van der Waals surface area (Å²) >= 11 is 0. The molecule has 23 heavy (non-hydrogen) atoms. The minimum Gasteiger partial charge on any atom is -0.298 e. The second-order valence-electron chi connectivity index (χ2n) is 7.11. The van der Waals surface area contributed by atoms with Gasteiger partial charge in [-0.15, -0.1) is 0 Å². The highest BCUT2D eigenvalue weighted by Crippen LogP contribution is 2.26. The largest absolute Gasteiger partial charge is 0.298 e.